The fourth-order valence-electron chi connectivity index (χ4n) is 0.278. The monoisotopic (exact) mass is 163 g/mol. The van der Waals surface area contributed by atoms with E-state index in [1.165, 1.54) is 0 Å². The maximum atomic E-state index is 12.1. The Morgan fingerprint density at radius 1 is 1.60 bits per heavy atom. The Labute approximate surface area is 62.5 Å². The maximum Gasteiger partial charge on any atom is 0.277 e. The van der Waals surface area contributed by atoms with Crippen molar-refractivity contribution in [2.24, 2.45) is 5.73 Å². The largest absolute Gasteiger partial charge is 0.364 e. The lowest BCUT2D eigenvalue weighted by Crippen LogP contribution is -2.10. The third-order valence-corrected chi connectivity index (χ3v) is 0.874. The van der Waals surface area contributed by atoms with Crippen LogP contribution in [0.5, 0.6) is 0 Å². The summed E-state index contributed by atoms with van der Waals surface area (Å²) in [7, 11) is 0. The SMILES string of the molecule is NC(=O)C(F)=CCC(=O)S. The van der Waals surface area contributed by atoms with Crippen molar-refractivity contribution in [3.05, 3.63) is 11.9 Å². The zero-order chi connectivity index (χ0) is 8.15. The van der Waals surface area contributed by atoms with E-state index < -0.39 is 16.8 Å². The number of hydrogen-bond donors (Lipinski definition) is 2. The van der Waals surface area contributed by atoms with Crippen LogP contribution in [0, 0.1) is 0 Å². The van der Waals surface area contributed by atoms with Crippen molar-refractivity contribution in [3.8, 4) is 0 Å². The molecule has 0 unspecified atom stereocenters. The van der Waals surface area contributed by atoms with Gasteiger partial charge in [-0.1, -0.05) is 0 Å². The van der Waals surface area contributed by atoms with Crippen LogP contribution in [0.15, 0.2) is 11.9 Å². The summed E-state index contributed by atoms with van der Waals surface area (Å²) in [5, 5.41) is -0.517. The molecule has 0 fully saturated rings. The van der Waals surface area contributed by atoms with Crippen LogP contribution in [0.25, 0.3) is 0 Å². The van der Waals surface area contributed by atoms with Crippen molar-refractivity contribution >= 4 is 23.7 Å². The number of amides is 1. The molecule has 1 amide bonds. The third-order valence-electron chi connectivity index (χ3n) is 0.691. The number of carbonyl (C=O) groups excluding carboxylic acids is 2. The molecule has 56 valence electrons. The van der Waals surface area contributed by atoms with Crippen LogP contribution in [0.1, 0.15) is 6.42 Å². The molecule has 0 bridgehead atoms. The van der Waals surface area contributed by atoms with Crippen LogP contribution in [0.4, 0.5) is 4.39 Å². The van der Waals surface area contributed by atoms with Crippen LogP contribution in [-0.2, 0) is 9.59 Å². The molecule has 0 atom stereocenters. The number of halogens is 1. The molecule has 10 heavy (non-hydrogen) atoms. The van der Waals surface area contributed by atoms with Gasteiger partial charge in [0.05, 0.1) is 0 Å². The Hall–Kier alpha value is -0.840. The standard InChI is InChI=1S/C5H6FNO2S/c6-3(5(7)9)1-2-4(8)10/h1H,2H2,(H2,7,9)(H,8,10). The number of thiol groups is 1. The minimum absolute atomic E-state index is 0.224. The summed E-state index contributed by atoms with van der Waals surface area (Å²) in [6.07, 6.45) is 0.565. The van der Waals surface area contributed by atoms with Gasteiger partial charge in [0.1, 0.15) is 0 Å². The average molecular weight is 163 g/mol. The van der Waals surface area contributed by atoms with E-state index in [2.05, 4.69) is 18.4 Å². The molecule has 2 N–H and O–H groups in total. The first kappa shape index (κ1) is 9.16. The van der Waals surface area contributed by atoms with Gasteiger partial charge in [-0.15, -0.1) is 12.6 Å². The van der Waals surface area contributed by atoms with Crippen molar-refractivity contribution in [1.82, 2.24) is 0 Å². The van der Waals surface area contributed by atoms with Gasteiger partial charge >= 0.3 is 0 Å². The van der Waals surface area contributed by atoms with E-state index in [9.17, 15) is 14.0 Å². The van der Waals surface area contributed by atoms with Crippen molar-refractivity contribution in [3.63, 3.8) is 0 Å². The summed E-state index contributed by atoms with van der Waals surface area (Å²) >= 11 is 3.34. The van der Waals surface area contributed by atoms with Crippen LogP contribution in [0.2, 0.25) is 0 Å². The smallest absolute Gasteiger partial charge is 0.277 e. The normalized spacial score (nSPS) is 11.2. The topological polar surface area (TPSA) is 60.2 Å². The lowest BCUT2D eigenvalue weighted by molar-refractivity contribution is -0.115. The molecule has 0 aromatic carbocycles. The van der Waals surface area contributed by atoms with Gasteiger partial charge in [0.25, 0.3) is 5.91 Å². The van der Waals surface area contributed by atoms with Crippen LogP contribution in [-0.4, -0.2) is 11.0 Å². The lowest BCUT2D eigenvalue weighted by atomic mass is 10.4. The summed E-state index contributed by atoms with van der Waals surface area (Å²) in [4.78, 5) is 20.0. The zero-order valence-electron chi connectivity index (χ0n) is 5.00. The second kappa shape index (κ2) is 4.05. The van der Waals surface area contributed by atoms with E-state index >= 15 is 0 Å². The predicted molar refractivity (Wildman–Crippen MR) is 37.0 cm³/mol. The predicted octanol–water partition coefficient (Wildman–Crippen LogP) is 0.172. The summed E-state index contributed by atoms with van der Waals surface area (Å²) in [6, 6.07) is 0. The molecular weight excluding hydrogens is 157 g/mol. The molecule has 0 radical (unpaired) electrons. The molecule has 0 aliphatic carbocycles. The molecule has 0 spiro atoms. The van der Waals surface area contributed by atoms with Crippen molar-refractivity contribution in [1.29, 1.82) is 0 Å². The first-order valence-corrected chi connectivity index (χ1v) is 2.86. The Bertz CT molecular complexity index is 190. The Morgan fingerprint density at radius 2 is 2.10 bits per heavy atom. The quantitative estimate of drug-likeness (QED) is 0.460. The lowest BCUT2D eigenvalue weighted by Gasteiger charge is -1.86. The highest BCUT2D eigenvalue weighted by atomic mass is 32.1. The van der Waals surface area contributed by atoms with Crippen LogP contribution < -0.4 is 5.73 Å². The van der Waals surface area contributed by atoms with E-state index in [4.69, 9.17) is 0 Å². The fourth-order valence-corrected chi connectivity index (χ4v) is 0.369. The molecule has 0 aromatic heterocycles. The molecule has 0 heterocycles. The Kier molecular flexibility index (Phi) is 3.71. The Morgan fingerprint density at radius 3 is 2.40 bits per heavy atom. The molecule has 0 aromatic rings. The molecule has 0 aliphatic rings. The molecule has 0 saturated carbocycles. The van der Waals surface area contributed by atoms with E-state index in [-0.39, 0.29) is 6.42 Å². The van der Waals surface area contributed by atoms with Gasteiger partial charge < -0.3 is 5.73 Å². The molecular formula is C5H6FNO2S. The highest BCUT2D eigenvalue weighted by molar-refractivity contribution is 7.96. The van der Waals surface area contributed by atoms with Gasteiger partial charge in [-0.2, -0.15) is 0 Å². The number of primary amides is 1. The number of hydrogen-bond acceptors (Lipinski definition) is 2. The molecule has 0 rings (SSSR count). The Balaban J connectivity index is 3.92. The van der Waals surface area contributed by atoms with Crippen molar-refractivity contribution < 1.29 is 14.0 Å². The third kappa shape index (κ3) is 4.08. The number of carbonyl (C=O) groups is 2. The summed E-state index contributed by atoms with van der Waals surface area (Å²) in [5.74, 6) is -2.28. The van der Waals surface area contributed by atoms with Gasteiger partial charge in [-0.3, -0.25) is 9.59 Å². The van der Waals surface area contributed by atoms with Gasteiger partial charge in [0, 0.05) is 6.42 Å². The van der Waals surface area contributed by atoms with E-state index in [0.717, 1.165) is 6.08 Å². The number of allylic oxidation sites excluding steroid dienone is 1. The van der Waals surface area contributed by atoms with Crippen molar-refractivity contribution in [2.75, 3.05) is 0 Å². The maximum absolute atomic E-state index is 12.1. The van der Waals surface area contributed by atoms with Gasteiger partial charge in [0.15, 0.2) is 10.9 Å². The minimum Gasteiger partial charge on any atom is -0.364 e. The highest BCUT2D eigenvalue weighted by Crippen LogP contribution is 1.98. The molecule has 3 nitrogen and oxygen atoms in total. The van der Waals surface area contributed by atoms with E-state index in [1.54, 1.807) is 0 Å². The molecule has 0 saturated heterocycles. The average Bonchev–Trinajstić information content (AvgIpc) is 1.82. The van der Waals surface area contributed by atoms with E-state index in [1.807, 2.05) is 0 Å². The first-order valence-electron chi connectivity index (χ1n) is 2.41. The molecule has 5 heteroatoms. The fraction of sp³-hybridized carbons (Fsp3) is 0.200. The van der Waals surface area contributed by atoms with Crippen molar-refractivity contribution in [2.45, 2.75) is 6.42 Å². The first-order chi connectivity index (χ1) is 4.54. The van der Waals surface area contributed by atoms with Crippen LogP contribution >= 0.6 is 12.6 Å². The molecule has 0 aliphatic heterocycles. The summed E-state index contributed by atoms with van der Waals surface area (Å²) < 4.78 is 12.1. The minimum atomic E-state index is -1.17. The highest BCUT2D eigenvalue weighted by Gasteiger charge is 2.01. The van der Waals surface area contributed by atoms with Crippen LogP contribution in [0.3, 0.4) is 0 Å². The second-order valence-corrected chi connectivity index (χ2v) is 2.01. The summed E-state index contributed by atoms with van der Waals surface area (Å²) in [5.41, 5.74) is 4.50. The summed E-state index contributed by atoms with van der Waals surface area (Å²) in [6.45, 7) is 0. The van der Waals surface area contributed by atoms with E-state index in [0.29, 0.717) is 0 Å². The van der Waals surface area contributed by atoms with Gasteiger partial charge in [-0.25, -0.2) is 4.39 Å². The van der Waals surface area contributed by atoms with Gasteiger partial charge in [-0.05, 0) is 6.08 Å². The number of rotatable bonds is 3. The number of nitrogens with two attached hydrogens (primary N) is 1. The zero-order valence-corrected chi connectivity index (χ0v) is 5.90. The second-order valence-electron chi connectivity index (χ2n) is 1.51. The van der Waals surface area contributed by atoms with Gasteiger partial charge in [0.2, 0.25) is 0 Å².